The minimum Gasteiger partial charge on any atom is -1.00 e. The fraction of sp³-hybridized carbons (Fsp3) is 0.200. The fourth-order valence-electron chi connectivity index (χ4n) is 1.29. The maximum absolute atomic E-state index is 2.31. The maximum atomic E-state index is 2.31. The molecular formula is C10H11ClZr+2. The Morgan fingerprint density at radius 3 is 1.83 bits per heavy atom. The monoisotopic (exact) mass is 256 g/mol. The molecule has 12 heavy (non-hydrogen) atoms. The molecule has 0 fully saturated rings. The third-order valence-electron chi connectivity index (χ3n) is 1.86. The van der Waals surface area contributed by atoms with Crippen molar-refractivity contribution in [3.63, 3.8) is 0 Å². The fourth-order valence-corrected chi connectivity index (χ4v) is 4.26. The van der Waals surface area contributed by atoms with E-state index in [2.05, 4.69) is 36.5 Å². The van der Waals surface area contributed by atoms with Crippen LogP contribution in [-0.4, -0.2) is 0 Å². The van der Waals surface area contributed by atoms with Crippen LogP contribution in [0.25, 0.3) is 0 Å². The summed E-state index contributed by atoms with van der Waals surface area (Å²) in [6, 6.07) is 0. The van der Waals surface area contributed by atoms with E-state index < -0.39 is 0 Å². The molecule has 0 amide bonds. The molecule has 0 aromatic carbocycles. The number of halogens is 1. The van der Waals surface area contributed by atoms with Crippen LogP contribution in [0.5, 0.6) is 0 Å². The second-order valence-electron chi connectivity index (χ2n) is 2.77. The third kappa shape index (κ3) is 2.57. The zero-order valence-corrected chi connectivity index (χ0v) is 9.97. The first-order valence-electron chi connectivity index (χ1n) is 3.93. The Labute approximate surface area is 92.6 Å². The van der Waals surface area contributed by atoms with Crippen molar-refractivity contribution in [3.05, 3.63) is 43.0 Å². The van der Waals surface area contributed by atoms with Crippen LogP contribution in [0.2, 0.25) is 0 Å². The molecule has 0 aromatic rings. The van der Waals surface area contributed by atoms with Crippen LogP contribution in [-0.2, 0) is 23.2 Å². The Bertz CT molecular complexity index is 249. The predicted octanol–water partition coefficient (Wildman–Crippen LogP) is -0.127. The van der Waals surface area contributed by atoms with Crippen molar-refractivity contribution in [3.8, 4) is 0 Å². The van der Waals surface area contributed by atoms with Crippen molar-refractivity contribution in [1.29, 1.82) is 0 Å². The number of rotatable bonds is 2. The van der Waals surface area contributed by atoms with E-state index in [0.29, 0.717) is 0 Å². The topological polar surface area (TPSA) is 0 Å². The van der Waals surface area contributed by atoms with E-state index in [-0.39, 0.29) is 37.1 Å². The first kappa shape index (κ1) is 10.2. The summed E-state index contributed by atoms with van der Waals surface area (Å²) in [4.78, 5) is 0. The average Bonchev–Trinajstić information content (AvgIpc) is 2.60. The van der Waals surface area contributed by atoms with Crippen molar-refractivity contribution in [1.82, 2.24) is 0 Å². The molecule has 0 N–H and O–H groups in total. The molecule has 2 rings (SSSR count). The quantitative estimate of drug-likeness (QED) is 0.647. The minimum absolute atomic E-state index is 0. The van der Waals surface area contributed by atoms with Crippen LogP contribution in [0.1, 0.15) is 14.3 Å². The van der Waals surface area contributed by atoms with Gasteiger partial charge in [-0.3, -0.25) is 0 Å². The molecule has 0 saturated heterocycles. The molecule has 2 aliphatic carbocycles. The molecule has 0 heterocycles. The molecule has 0 nitrogen and oxygen atoms in total. The summed E-state index contributed by atoms with van der Waals surface area (Å²) in [5, 5.41) is 0. The number of hydrogen-bond acceptors (Lipinski definition) is 0. The van der Waals surface area contributed by atoms with Gasteiger partial charge < -0.3 is 12.4 Å². The van der Waals surface area contributed by atoms with Gasteiger partial charge in [0.25, 0.3) is 0 Å². The molecule has 2 aliphatic rings. The van der Waals surface area contributed by atoms with Gasteiger partial charge in [-0.1, -0.05) is 0 Å². The van der Waals surface area contributed by atoms with Gasteiger partial charge >= 0.3 is 80.5 Å². The van der Waals surface area contributed by atoms with Gasteiger partial charge in [-0.2, -0.15) is 0 Å². The van der Waals surface area contributed by atoms with Gasteiger partial charge in [-0.05, 0) is 0 Å². The summed E-state index contributed by atoms with van der Waals surface area (Å²) in [5.41, 5.74) is 0. The molecule has 0 unspecified atom stereocenters. The second kappa shape index (κ2) is 4.99. The van der Waals surface area contributed by atoms with Crippen LogP contribution in [0.4, 0.5) is 0 Å². The zero-order chi connectivity index (χ0) is 7.52. The SMILES string of the molecule is C1=CC[C]([Zr+2][C]2=CC=CC2)=C1.[Cl-].[H+]. The molecule has 60 valence electrons. The second-order valence-corrected chi connectivity index (χ2v) is 6.55. The van der Waals surface area contributed by atoms with E-state index in [1.54, 1.807) is 6.56 Å². The van der Waals surface area contributed by atoms with Crippen molar-refractivity contribution in [2.75, 3.05) is 0 Å². The van der Waals surface area contributed by atoms with E-state index >= 15 is 0 Å². The average molecular weight is 258 g/mol. The summed E-state index contributed by atoms with van der Waals surface area (Å²) in [6.45, 7) is 0. The molecule has 2 heteroatoms. The molecule has 0 saturated carbocycles. The first-order valence-corrected chi connectivity index (χ1v) is 6.39. The van der Waals surface area contributed by atoms with E-state index in [1.807, 2.05) is 0 Å². The number of allylic oxidation sites excluding steroid dienone is 8. The first-order chi connectivity index (χ1) is 5.45. The Morgan fingerprint density at radius 1 is 1.00 bits per heavy atom. The van der Waals surface area contributed by atoms with Gasteiger partial charge in [0.1, 0.15) is 0 Å². The van der Waals surface area contributed by atoms with Crippen LogP contribution in [0, 0.1) is 0 Å². The molecule has 0 spiro atoms. The summed E-state index contributed by atoms with van der Waals surface area (Å²) < 4.78 is 3.45. The smallest absolute Gasteiger partial charge is 1.00 e. The van der Waals surface area contributed by atoms with E-state index in [4.69, 9.17) is 0 Å². The van der Waals surface area contributed by atoms with Crippen molar-refractivity contribution < 1.29 is 37.1 Å². The molecule has 0 radical (unpaired) electrons. The van der Waals surface area contributed by atoms with Crippen LogP contribution < -0.4 is 12.4 Å². The van der Waals surface area contributed by atoms with E-state index in [9.17, 15) is 0 Å². The zero-order valence-electron chi connectivity index (χ0n) is 7.76. The summed E-state index contributed by atoms with van der Waals surface area (Å²) in [6.07, 6.45) is 16.0. The third-order valence-corrected chi connectivity index (χ3v) is 5.27. The Morgan fingerprint density at radius 2 is 1.50 bits per heavy atom. The van der Waals surface area contributed by atoms with Crippen LogP contribution in [0.3, 0.4) is 0 Å². The normalized spacial score (nSPS) is 18.3. The standard InChI is InChI=1S/2C5H5.ClH.Zr/c2*1-2-4-5-3-1;;/h2*1-3H,4H2;1H;/q;;;+2. The van der Waals surface area contributed by atoms with Gasteiger partial charge in [-0.15, -0.1) is 0 Å². The van der Waals surface area contributed by atoms with Crippen molar-refractivity contribution in [2.45, 2.75) is 12.8 Å². The van der Waals surface area contributed by atoms with E-state index in [0.717, 1.165) is 0 Å². The minimum atomic E-state index is -0.312. The maximum Gasteiger partial charge on any atom is 1.00 e. The van der Waals surface area contributed by atoms with Gasteiger partial charge in [-0.25, -0.2) is 0 Å². The molecular weight excluding hydrogens is 247 g/mol. The summed E-state index contributed by atoms with van der Waals surface area (Å²) in [5.74, 6) is 0. The summed E-state index contributed by atoms with van der Waals surface area (Å²) in [7, 11) is 0. The summed E-state index contributed by atoms with van der Waals surface area (Å²) >= 11 is -0.312. The Balaban J connectivity index is 0.000000720. The molecule has 0 bridgehead atoms. The molecule has 0 aromatic heterocycles. The van der Waals surface area contributed by atoms with Gasteiger partial charge in [0.15, 0.2) is 0 Å². The van der Waals surface area contributed by atoms with Crippen LogP contribution in [0.15, 0.2) is 43.0 Å². The van der Waals surface area contributed by atoms with Crippen molar-refractivity contribution >= 4 is 0 Å². The van der Waals surface area contributed by atoms with Gasteiger partial charge in [0.2, 0.25) is 0 Å². The largest absolute Gasteiger partial charge is 1.00 e. The molecule has 0 atom stereocenters. The molecule has 0 aliphatic heterocycles. The Hall–Kier alpha value is 0.133. The van der Waals surface area contributed by atoms with Crippen molar-refractivity contribution in [2.24, 2.45) is 0 Å². The predicted molar refractivity (Wildman–Crippen MR) is 44.8 cm³/mol. The van der Waals surface area contributed by atoms with Crippen LogP contribution >= 0.6 is 0 Å². The Kier molecular flexibility index (Phi) is 4.25. The van der Waals surface area contributed by atoms with Gasteiger partial charge in [0, 0.05) is 0 Å². The number of hydrogen-bond donors (Lipinski definition) is 0. The van der Waals surface area contributed by atoms with Gasteiger partial charge in [0.05, 0.1) is 0 Å². The van der Waals surface area contributed by atoms with E-state index in [1.165, 1.54) is 12.8 Å².